The van der Waals surface area contributed by atoms with Crippen molar-refractivity contribution < 1.29 is 17.9 Å². The summed E-state index contributed by atoms with van der Waals surface area (Å²) in [6, 6.07) is 14.4. The zero-order valence-corrected chi connectivity index (χ0v) is 18.2. The molecule has 0 spiro atoms. The van der Waals surface area contributed by atoms with Gasteiger partial charge in [0.2, 0.25) is 15.9 Å². The van der Waals surface area contributed by atoms with E-state index < -0.39 is 10.0 Å². The first-order valence-electron chi connectivity index (χ1n) is 10.2. The minimum absolute atomic E-state index is 0.00431. The fraction of sp³-hybridized carbons (Fsp3) is 0.409. The predicted octanol–water partition coefficient (Wildman–Crippen LogP) is 3.16. The number of rotatable bonds is 8. The Labute approximate surface area is 178 Å². The van der Waals surface area contributed by atoms with E-state index in [4.69, 9.17) is 4.74 Å². The molecule has 0 bridgehead atoms. The van der Waals surface area contributed by atoms with Gasteiger partial charge in [-0.2, -0.15) is 4.31 Å². The van der Waals surface area contributed by atoms with E-state index in [1.807, 2.05) is 37.3 Å². The standard InChI is InChI=1S/C22H29N3O4S/c1-17(18-9-5-3-6-10-18)23-16-22(26)24-20-15-19(11-12-21(20)29-2)30(27,28)25-13-7-4-8-14-25/h3,5-6,9-12,15,17,23H,4,7-8,13-14,16H2,1-2H3,(H,24,26). The maximum Gasteiger partial charge on any atom is 0.243 e. The monoisotopic (exact) mass is 431 g/mol. The van der Waals surface area contributed by atoms with Crippen LogP contribution in [0.1, 0.15) is 37.8 Å². The largest absolute Gasteiger partial charge is 0.495 e. The topological polar surface area (TPSA) is 87.7 Å². The Balaban J connectivity index is 1.70. The van der Waals surface area contributed by atoms with Crippen molar-refractivity contribution in [3.8, 4) is 5.75 Å². The molecule has 0 aromatic heterocycles. The maximum atomic E-state index is 13.0. The van der Waals surface area contributed by atoms with E-state index in [1.165, 1.54) is 23.5 Å². The molecule has 0 aliphatic carbocycles. The lowest BCUT2D eigenvalue weighted by Gasteiger charge is -2.26. The lowest BCUT2D eigenvalue weighted by Crippen LogP contribution is -2.35. The van der Waals surface area contributed by atoms with Gasteiger partial charge in [-0.25, -0.2) is 8.42 Å². The number of nitrogens with one attached hydrogen (secondary N) is 2. The Kier molecular flexibility index (Phi) is 7.47. The lowest BCUT2D eigenvalue weighted by atomic mass is 10.1. The average molecular weight is 432 g/mol. The molecular formula is C22H29N3O4S. The molecule has 1 aliphatic rings. The molecule has 1 unspecified atom stereocenters. The second-order valence-electron chi connectivity index (χ2n) is 7.39. The number of ether oxygens (including phenoxy) is 1. The molecule has 0 saturated carbocycles. The van der Waals surface area contributed by atoms with E-state index in [0.717, 1.165) is 24.8 Å². The zero-order chi connectivity index (χ0) is 21.6. The number of carbonyl (C=O) groups excluding carboxylic acids is 1. The van der Waals surface area contributed by atoms with Gasteiger partial charge in [0.1, 0.15) is 5.75 Å². The molecule has 1 atom stereocenters. The number of amides is 1. The first kappa shape index (κ1) is 22.3. The fourth-order valence-corrected chi connectivity index (χ4v) is 5.04. The lowest BCUT2D eigenvalue weighted by molar-refractivity contribution is -0.115. The summed E-state index contributed by atoms with van der Waals surface area (Å²) in [4.78, 5) is 12.6. The third-order valence-electron chi connectivity index (χ3n) is 5.27. The quantitative estimate of drug-likeness (QED) is 0.670. The zero-order valence-electron chi connectivity index (χ0n) is 17.4. The number of sulfonamides is 1. The van der Waals surface area contributed by atoms with Gasteiger partial charge in [-0.3, -0.25) is 4.79 Å². The second-order valence-corrected chi connectivity index (χ2v) is 9.33. The summed E-state index contributed by atoms with van der Waals surface area (Å²) in [5, 5.41) is 5.95. The SMILES string of the molecule is COc1ccc(S(=O)(=O)N2CCCCC2)cc1NC(=O)CNC(C)c1ccccc1. The molecule has 1 amide bonds. The predicted molar refractivity (Wildman–Crippen MR) is 117 cm³/mol. The van der Waals surface area contributed by atoms with Gasteiger partial charge in [-0.1, -0.05) is 36.8 Å². The molecule has 162 valence electrons. The normalized spacial score (nSPS) is 16.1. The van der Waals surface area contributed by atoms with Crippen molar-refractivity contribution in [3.63, 3.8) is 0 Å². The Bertz CT molecular complexity index is 958. The van der Waals surface area contributed by atoms with Crippen LogP contribution in [-0.4, -0.2) is 45.4 Å². The van der Waals surface area contributed by atoms with E-state index in [1.54, 1.807) is 6.07 Å². The molecule has 30 heavy (non-hydrogen) atoms. The van der Waals surface area contributed by atoms with Crippen molar-refractivity contribution in [3.05, 3.63) is 54.1 Å². The first-order valence-corrected chi connectivity index (χ1v) is 11.6. The number of carbonyl (C=O) groups is 1. The van der Waals surface area contributed by atoms with Gasteiger partial charge in [0.15, 0.2) is 0 Å². The molecule has 1 heterocycles. The number of benzene rings is 2. The molecule has 1 fully saturated rings. The van der Waals surface area contributed by atoms with Crippen LogP contribution in [0, 0.1) is 0 Å². The number of anilines is 1. The summed E-state index contributed by atoms with van der Waals surface area (Å²) in [5.74, 6) is 0.139. The van der Waals surface area contributed by atoms with Gasteiger partial charge in [-0.15, -0.1) is 0 Å². The van der Waals surface area contributed by atoms with Gasteiger partial charge < -0.3 is 15.4 Å². The van der Waals surface area contributed by atoms with Crippen molar-refractivity contribution in [2.75, 3.05) is 32.1 Å². The van der Waals surface area contributed by atoms with Crippen LogP contribution in [0.15, 0.2) is 53.4 Å². The number of hydrogen-bond acceptors (Lipinski definition) is 5. The molecule has 3 rings (SSSR count). The van der Waals surface area contributed by atoms with Crippen LogP contribution in [0.5, 0.6) is 5.75 Å². The average Bonchev–Trinajstić information content (AvgIpc) is 2.78. The third kappa shape index (κ3) is 5.38. The van der Waals surface area contributed by atoms with Gasteiger partial charge in [-0.05, 0) is 43.5 Å². The second kappa shape index (κ2) is 10.1. The van der Waals surface area contributed by atoms with Crippen LogP contribution in [0.3, 0.4) is 0 Å². The smallest absolute Gasteiger partial charge is 0.243 e. The van der Waals surface area contributed by atoms with Crippen LogP contribution < -0.4 is 15.4 Å². The maximum absolute atomic E-state index is 13.0. The Morgan fingerprint density at radius 2 is 1.80 bits per heavy atom. The summed E-state index contributed by atoms with van der Waals surface area (Å²) >= 11 is 0. The molecule has 2 aromatic rings. The van der Waals surface area contributed by atoms with Crippen molar-refractivity contribution in [1.29, 1.82) is 0 Å². The van der Waals surface area contributed by atoms with Crippen LogP contribution in [0.4, 0.5) is 5.69 Å². The number of nitrogens with zero attached hydrogens (tertiary/aromatic N) is 1. The molecule has 2 aromatic carbocycles. The molecule has 2 N–H and O–H groups in total. The number of methoxy groups -OCH3 is 1. The van der Waals surface area contributed by atoms with Crippen molar-refractivity contribution >= 4 is 21.6 Å². The van der Waals surface area contributed by atoms with Crippen molar-refractivity contribution in [1.82, 2.24) is 9.62 Å². The molecule has 8 heteroatoms. The van der Waals surface area contributed by atoms with E-state index >= 15 is 0 Å². The molecule has 1 saturated heterocycles. The highest BCUT2D eigenvalue weighted by Crippen LogP contribution is 2.30. The summed E-state index contributed by atoms with van der Waals surface area (Å²) in [7, 11) is -2.11. The molecule has 7 nitrogen and oxygen atoms in total. The molecule has 1 aliphatic heterocycles. The molecule has 0 radical (unpaired) electrons. The number of piperidine rings is 1. The van der Waals surface area contributed by atoms with E-state index in [2.05, 4.69) is 10.6 Å². The van der Waals surface area contributed by atoms with E-state index in [-0.39, 0.29) is 23.4 Å². The van der Waals surface area contributed by atoms with Crippen molar-refractivity contribution in [2.45, 2.75) is 37.1 Å². The number of hydrogen-bond donors (Lipinski definition) is 2. The van der Waals surface area contributed by atoms with Gasteiger partial charge in [0.25, 0.3) is 0 Å². The minimum atomic E-state index is -3.60. The summed E-state index contributed by atoms with van der Waals surface area (Å²) < 4.78 is 32.7. The van der Waals surface area contributed by atoms with Gasteiger partial charge in [0, 0.05) is 19.1 Å². The summed E-state index contributed by atoms with van der Waals surface area (Å²) in [5.41, 5.74) is 1.42. The van der Waals surface area contributed by atoms with Crippen LogP contribution in [0.25, 0.3) is 0 Å². The highest BCUT2D eigenvalue weighted by Gasteiger charge is 2.27. The van der Waals surface area contributed by atoms with E-state index in [0.29, 0.717) is 24.5 Å². The highest BCUT2D eigenvalue weighted by atomic mass is 32.2. The van der Waals surface area contributed by atoms with Crippen LogP contribution in [0.2, 0.25) is 0 Å². The summed E-state index contributed by atoms with van der Waals surface area (Å²) in [6.07, 6.45) is 2.78. The summed E-state index contributed by atoms with van der Waals surface area (Å²) in [6.45, 7) is 3.12. The van der Waals surface area contributed by atoms with E-state index in [9.17, 15) is 13.2 Å². The molecular weight excluding hydrogens is 402 g/mol. The van der Waals surface area contributed by atoms with Crippen LogP contribution in [-0.2, 0) is 14.8 Å². The Morgan fingerprint density at radius 3 is 2.47 bits per heavy atom. The highest BCUT2D eigenvalue weighted by molar-refractivity contribution is 7.89. The third-order valence-corrected chi connectivity index (χ3v) is 7.16. The fourth-order valence-electron chi connectivity index (χ4n) is 3.50. The van der Waals surface area contributed by atoms with Gasteiger partial charge >= 0.3 is 0 Å². The Hall–Kier alpha value is -2.42. The minimum Gasteiger partial charge on any atom is -0.495 e. The first-order chi connectivity index (χ1) is 14.4. The Morgan fingerprint density at radius 1 is 1.10 bits per heavy atom. The van der Waals surface area contributed by atoms with Crippen LogP contribution >= 0.6 is 0 Å². The van der Waals surface area contributed by atoms with Crippen molar-refractivity contribution in [2.24, 2.45) is 0 Å². The van der Waals surface area contributed by atoms with Gasteiger partial charge in [0.05, 0.1) is 24.2 Å².